The summed E-state index contributed by atoms with van der Waals surface area (Å²) in [5.41, 5.74) is 6.28. The molecule has 1 N–H and O–H groups in total. The molecule has 1 fully saturated rings. The maximum atomic E-state index is 10.8. The fourth-order valence-electron chi connectivity index (χ4n) is 5.84. The Morgan fingerprint density at radius 3 is 2.83 bits per heavy atom. The lowest BCUT2D eigenvalue weighted by atomic mass is 9.53. The summed E-state index contributed by atoms with van der Waals surface area (Å²) in [7, 11) is 0. The van der Waals surface area contributed by atoms with Crippen LogP contribution in [0.4, 0.5) is 0 Å². The maximum Gasteiger partial charge on any atom is 0.120 e. The van der Waals surface area contributed by atoms with Gasteiger partial charge in [0.15, 0.2) is 0 Å². The molecule has 1 saturated carbocycles. The topological polar surface area (TPSA) is 42.4 Å². The van der Waals surface area contributed by atoms with Crippen molar-refractivity contribution in [1.82, 2.24) is 4.98 Å². The zero-order valence-corrected chi connectivity index (χ0v) is 18.7. The SMILES string of the molecule is CC#CC1C[C@H]2CCc3cc(OCc4c(C)ccnc4C)ccc3C2(CC)C[C@@H]1O. The van der Waals surface area contributed by atoms with Crippen molar-refractivity contribution in [3.8, 4) is 17.6 Å². The van der Waals surface area contributed by atoms with E-state index in [1.54, 1.807) is 0 Å². The molecule has 2 aliphatic rings. The lowest BCUT2D eigenvalue weighted by molar-refractivity contribution is 0.00932. The van der Waals surface area contributed by atoms with Gasteiger partial charge in [-0.15, -0.1) is 5.92 Å². The molecule has 4 atom stereocenters. The van der Waals surface area contributed by atoms with Gasteiger partial charge in [-0.3, -0.25) is 4.98 Å². The molecule has 2 aromatic rings. The molecule has 158 valence electrons. The molecule has 0 saturated heterocycles. The van der Waals surface area contributed by atoms with Gasteiger partial charge in [0, 0.05) is 28.8 Å². The van der Waals surface area contributed by atoms with E-state index in [0.29, 0.717) is 12.5 Å². The van der Waals surface area contributed by atoms with Gasteiger partial charge in [-0.2, -0.15) is 0 Å². The van der Waals surface area contributed by atoms with Gasteiger partial charge < -0.3 is 9.84 Å². The lowest BCUT2D eigenvalue weighted by Crippen LogP contribution is -2.48. The largest absolute Gasteiger partial charge is 0.489 e. The van der Waals surface area contributed by atoms with E-state index in [4.69, 9.17) is 4.74 Å². The number of aromatic nitrogens is 1. The average Bonchev–Trinajstić information content (AvgIpc) is 2.74. The van der Waals surface area contributed by atoms with Crippen LogP contribution in [0.3, 0.4) is 0 Å². The van der Waals surface area contributed by atoms with Crippen molar-refractivity contribution in [3.63, 3.8) is 0 Å². The first-order valence-corrected chi connectivity index (χ1v) is 11.3. The van der Waals surface area contributed by atoms with E-state index in [0.717, 1.165) is 37.1 Å². The van der Waals surface area contributed by atoms with Crippen molar-refractivity contribution < 1.29 is 9.84 Å². The Morgan fingerprint density at radius 1 is 1.27 bits per heavy atom. The maximum absolute atomic E-state index is 10.8. The van der Waals surface area contributed by atoms with Crippen LogP contribution in [0.15, 0.2) is 30.5 Å². The quantitative estimate of drug-likeness (QED) is 0.706. The molecular weight excluding hydrogens is 370 g/mol. The summed E-state index contributed by atoms with van der Waals surface area (Å²) in [5.74, 6) is 7.92. The summed E-state index contributed by atoms with van der Waals surface area (Å²) in [6, 6.07) is 8.65. The number of nitrogens with zero attached hydrogens (tertiary/aromatic N) is 1. The Hall–Kier alpha value is -2.31. The van der Waals surface area contributed by atoms with Crippen LogP contribution in [0, 0.1) is 37.5 Å². The number of hydrogen-bond donors (Lipinski definition) is 1. The van der Waals surface area contributed by atoms with Crippen LogP contribution in [-0.4, -0.2) is 16.2 Å². The number of hydrogen-bond acceptors (Lipinski definition) is 3. The summed E-state index contributed by atoms with van der Waals surface area (Å²) in [5, 5.41) is 10.8. The van der Waals surface area contributed by atoms with Gasteiger partial charge >= 0.3 is 0 Å². The number of aliphatic hydroxyl groups excluding tert-OH is 1. The Bertz CT molecular complexity index is 966. The van der Waals surface area contributed by atoms with Crippen LogP contribution >= 0.6 is 0 Å². The van der Waals surface area contributed by atoms with E-state index < -0.39 is 0 Å². The van der Waals surface area contributed by atoms with E-state index in [1.807, 2.05) is 26.1 Å². The Labute approximate surface area is 180 Å². The molecule has 2 unspecified atom stereocenters. The van der Waals surface area contributed by atoms with Crippen molar-refractivity contribution >= 4 is 0 Å². The predicted octanol–water partition coefficient (Wildman–Crippen LogP) is 5.28. The number of pyridine rings is 1. The van der Waals surface area contributed by atoms with Gasteiger partial charge in [-0.05, 0) is 93.7 Å². The fourth-order valence-corrected chi connectivity index (χ4v) is 5.84. The van der Waals surface area contributed by atoms with Crippen molar-refractivity contribution in [1.29, 1.82) is 0 Å². The summed E-state index contributed by atoms with van der Waals surface area (Å²) < 4.78 is 6.18. The van der Waals surface area contributed by atoms with Gasteiger partial charge in [0.25, 0.3) is 0 Å². The molecular formula is C27H33NO2. The molecule has 0 radical (unpaired) electrons. The number of rotatable bonds is 4. The molecule has 2 aliphatic carbocycles. The van der Waals surface area contributed by atoms with Crippen LogP contribution < -0.4 is 4.74 Å². The van der Waals surface area contributed by atoms with E-state index in [1.165, 1.54) is 28.7 Å². The molecule has 0 aliphatic heterocycles. The van der Waals surface area contributed by atoms with E-state index in [-0.39, 0.29) is 17.4 Å². The minimum Gasteiger partial charge on any atom is -0.489 e. The van der Waals surface area contributed by atoms with Crippen molar-refractivity contribution in [2.75, 3.05) is 0 Å². The predicted molar refractivity (Wildman–Crippen MR) is 120 cm³/mol. The number of aryl methyl sites for hydroxylation is 3. The minimum absolute atomic E-state index is 0.0635. The lowest BCUT2D eigenvalue weighted by Gasteiger charge is -2.51. The second-order valence-electron chi connectivity index (χ2n) is 9.05. The van der Waals surface area contributed by atoms with Crippen LogP contribution in [0.1, 0.15) is 67.5 Å². The van der Waals surface area contributed by atoms with E-state index in [9.17, 15) is 5.11 Å². The summed E-state index contributed by atoms with van der Waals surface area (Å²) in [4.78, 5) is 4.40. The Kier molecular flexibility index (Phi) is 5.89. The first-order chi connectivity index (χ1) is 14.5. The third-order valence-electron chi connectivity index (χ3n) is 7.58. The average molecular weight is 404 g/mol. The Morgan fingerprint density at radius 2 is 2.10 bits per heavy atom. The number of ether oxygens (including phenoxy) is 1. The van der Waals surface area contributed by atoms with Crippen molar-refractivity contribution in [3.05, 3.63) is 58.4 Å². The first-order valence-electron chi connectivity index (χ1n) is 11.3. The number of aliphatic hydroxyl groups is 1. The molecule has 0 bridgehead atoms. The van der Waals surface area contributed by atoms with Crippen LogP contribution in [0.2, 0.25) is 0 Å². The molecule has 4 rings (SSSR count). The zero-order valence-electron chi connectivity index (χ0n) is 18.7. The molecule has 1 aromatic carbocycles. The molecule has 1 aromatic heterocycles. The van der Waals surface area contributed by atoms with E-state index in [2.05, 4.69) is 48.9 Å². The monoisotopic (exact) mass is 403 g/mol. The van der Waals surface area contributed by atoms with Crippen LogP contribution in [0.25, 0.3) is 0 Å². The van der Waals surface area contributed by atoms with Crippen molar-refractivity contribution in [2.45, 2.75) is 77.9 Å². The molecule has 3 nitrogen and oxygen atoms in total. The van der Waals surface area contributed by atoms with Crippen LogP contribution in [0.5, 0.6) is 5.75 Å². The van der Waals surface area contributed by atoms with Crippen LogP contribution in [-0.2, 0) is 18.4 Å². The van der Waals surface area contributed by atoms with Gasteiger partial charge in [0.05, 0.1) is 6.10 Å². The van der Waals surface area contributed by atoms with Crippen molar-refractivity contribution in [2.24, 2.45) is 11.8 Å². The molecule has 0 spiro atoms. The zero-order chi connectivity index (χ0) is 21.3. The summed E-state index contributed by atoms with van der Waals surface area (Å²) in [6.45, 7) is 8.84. The third kappa shape index (κ3) is 3.63. The highest BCUT2D eigenvalue weighted by Crippen LogP contribution is 2.53. The van der Waals surface area contributed by atoms with E-state index >= 15 is 0 Å². The molecule has 1 heterocycles. The standard InChI is InChI=1S/C27H33NO2/c1-5-7-21-14-22-9-8-20-15-23(30-17-24-18(3)12-13-28-19(24)4)10-11-25(20)27(22,6-2)16-26(21)29/h10-13,15,21-22,26,29H,6,8-9,14,16-17H2,1-4H3/t21?,22-,26+,27?/m1/s1. The molecule has 0 amide bonds. The summed E-state index contributed by atoms with van der Waals surface area (Å²) >= 11 is 0. The highest BCUT2D eigenvalue weighted by Gasteiger charge is 2.49. The van der Waals surface area contributed by atoms with Gasteiger partial charge in [0.2, 0.25) is 0 Å². The normalized spacial score (nSPS) is 27.4. The minimum atomic E-state index is -0.341. The fraction of sp³-hybridized carbons (Fsp3) is 0.519. The Balaban J connectivity index is 1.59. The molecule has 30 heavy (non-hydrogen) atoms. The smallest absolute Gasteiger partial charge is 0.120 e. The number of fused-ring (bicyclic) bond motifs is 3. The highest BCUT2D eigenvalue weighted by atomic mass is 16.5. The third-order valence-corrected chi connectivity index (χ3v) is 7.58. The van der Waals surface area contributed by atoms with Gasteiger partial charge in [-0.1, -0.05) is 18.9 Å². The van der Waals surface area contributed by atoms with Gasteiger partial charge in [-0.25, -0.2) is 0 Å². The highest BCUT2D eigenvalue weighted by molar-refractivity contribution is 5.44. The van der Waals surface area contributed by atoms with Gasteiger partial charge in [0.1, 0.15) is 12.4 Å². The number of benzene rings is 1. The summed E-state index contributed by atoms with van der Waals surface area (Å²) in [6.07, 6.45) is 6.63. The molecule has 3 heteroatoms. The second kappa shape index (κ2) is 8.44. The first kappa shape index (κ1) is 20.9. The second-order valence-corrected chi connectivity index (χ2v) is 9.05.